The van der Waals surface area contributed by atoms with E-state index >= 15 is 0 Å². The molecule has 27 heavy (non-hydrogen) atoms. The van der Waals surface area contributed by atoms with E-state index in [0.717, 1.165) is 4.70 Å². The highest BCUT2D eigenvalue weighted by Gasteiger charge is 2.41. The molecule has 6 heteroatoms. The number of thiazole rings is 1. The standard InChI is InChI=1S/C21H26N2O2S2/c1-20(2,3)15-21(4,5)23(16-11-7-6-8-12-16)27(24,25)19-22-17-13-9-10-14-18(17)26-19/h6-14H,15H2,1-5H3. The van der Waals surface area contributed by atoms with Crippen LogP contribution in [0, 0.1) is 5.41 Å². The lowest BCUT2D eigenvalue weighted by atomic mass is 9.81. The van der Waals surface area contributed by atoms with Gasteiger partial charge in [0, 0.05) is 0 Å². The van der Waals surface area contributed by atoms with E-state index in [4.69, 9.17) is 0 Å². The van der Waals surface area contributed by atoms with Gasteiger partial charge in [-0.15, -0.1) is 11.3 Å². The Morgan fingerprint density at radius 2 is 1.52 bits per heavy atom. The number of sulfonamides is 1. The number of rotatable bonds is 5. The molecule has 0 amide bonds. The van der Waals surface area contributed by atoms with Crippen molar-refractivity contribution in [3.63, 3.8) is 0 Å². The second kappa shape index (κ2) is 6.91. The van der Waals surface area contributed by atoms with Gasteiger partial charge in [0.2, 0.25) is 4.34 Å². The molecule has 2 aromatic carbocycles. The average molecular weight is 403 g/mol. The fraction of sp³-hybridized carbons (Fsp3) is 0.381. The second-order valence-electron chi connectivity index (χ2n) is 8.60. The van der Waals surface area contributed by atoms with Crippen LogP contribution >= 0.6 is 11.3 Å². The van der Waals surface area contributed by atoms with E-state index in [1.54, 1.807) is 4.31 Å². The Morgan fingerprint density at radius 1 is 0.926 bits per heavy atom. The second-order valence-corrected chi connectivity index (χ2v) is 11.6. The van der Waals surface area contributed by atoms with Crippen LogP contribution in [-0.2, 0) is 10.0 Å². The number of anilines is 1. The quantitative estimate of drug-likeness (QED) is 0.549. The van der Waals surface area contributed by atoms with Gasteiger partial charge in [-0.2, -0.15) is 8.42 Å². The van der Waals surface area contributed by atoms with Crippen LogP contribution in [-0.4, -0.2) is 18.9 Å². The van der Waals surface area contributed by atoms with Crippen molar-refractivity contribution in [2.24, 2.45) is 5.41 Å². The molecule has 0 aliphatic rings. The zero-order chi connectivity index (χ0) is 19.9. The largest absolute Gasteiger partial charge is 0.292 e. The lowest BCUT2D eigenvalue weighted by Gasteiger charge is -2.42. The third-order valence-corrected chi connectivity index (χ3v) is 7.67. The first-order valence-electron chi connectivity index (χ1n) is 8.97. The highest BCUT2D eigenvalue weighted by atomic mass is 32.2. The Balaban J connectivity index is 2.17. The van der Waals surface area contributed by atoms with Crippen molar-refractivity contribution >= 4 is 37.3 Å². The molecule has 0 N–H and O–H groups in total. The van der Waals surface area contributed by atoms with E-state index in [0.29, 0.717) is 17.6 Å². The van der Waals surface area contributed by atoms with Crippen molar-refractivity contribution in [3.05, 3.63) is 54.6 Å². The number of para-hydroxylation sites is 2. The maximum atomic E-state index is 13.7. The van der Waals surface area contributed by atoms with Gasteiger partial charge in [-0.05, 0) is 49.9 Å². The summed E-state index contributed by atoms with van der Waals surface area (Å²) >= 11 is 1.22. The first kappa shape index (κ1) is 19.8. The van der Waals surface area contributed by atoms with E-state index in [1.807, 2.05) is 68.4 Å². The number of aromatic nitrogens is 1. The fourth-order valence-electron chi connectivity index (χ4n) is 3.79. The molecule has 1 heterocycles. The van der Waals surface area contributed by atoms with Crippen LogP contribution in [0.4, 0.5) is 5.69 Å². The third-order valence-electron chi connectivity index (χ3n) is 4.24. The summed E-state index contributed by atoms with van der Waals surface area (Å²) in [6.07, 6.45) is 0.707. The molecule has 1 aromatic heterocycles. The normalized spacial score (nSPS) is 13.1. The fourth-order valence-corrected chi connectivity index (χ4v) is 6.88. The molecule has 0 saturated heterocycles. The van der Waals surface area contributed by atoms with Crippen molar-refractivity contribution in [1.29, 1.82) is 0 Å². The maximum Gasteiger partial charge on any atom is 0.292 e. The summed E-state index contributed by atoms with van der Waals surface area (Å²) in [5, 5.41) is 0. The van der Waals surface area contributed by atoms with Crippen molar-refractivity contribution in [3.8, 4) is 0 Å². The lowest BCUT2D eigenvalue weighted by molar-refractivity contribution is 0.288. The number of nitrogens with zero attached hydrogens (tertiary/aromatic N) is 2. The minimum atomic E-state index is -3.81. The van der Waals surface area contributed by atoms with Gasteiger partial charge in [0.05, 0.1) is 21.4 Å². The van der Waals surface area contributed by atoms with Crippen LogP contribution in [0.1, 0.15) is 41.0 Å². The Kier molecular flexibility index (Phi) is 5.08. The molecule has 0 aliphatic heterocycles. The van der Waals surface area contributed by atoms with E-state index in [2.05, 4.69) is 25.8 Å². The number of benzene rings is 2. The average Bonchev–Trinajstić information content (AvgIpc) is 2.98. The molecule has 3 rings (SSSR count). The molecule has 0 bridgehead atoms. The van der Waals surface area contributed by atoms with Gasteiger partial charge in [0.15, 0.2) is 0 Å². The van der Waals surface area contributed by atoms with Crippen LogP contribution in [0.15, 0.2) is 58.9 Å². The third kappa shape index (κ3) is 4.17. The summed E-state index contributed by atoms with van der Waals surface area (Å²) in [6.45, 7) is 10.3. The highest BCUT2D eigenvalue weighted by molar-refractivity contribution is 7.94. The lowest BCUT2D eigenvalue weighted by Crippen LogP contribution is -2.49. The monoisotopic (exact) mass is 402 g/mol. The molecule has 0 unspecified atom stereocenters. The molecule has 3 aromatic rings. The van der Waals surface area contributed by atoms with Crippen LogP contribution < -0.4 is 4.31 Å². The molecule has 0 fully saturated rings. The van der Waals surface area contributed by atoms with Crippen LogP contribution in [0.3, 0.4) is 0 Å². The van der Waals surface area contributed by atoms with Crippen LogP contribution in [0.5, 0.6) is 0 Å². The first-order chi connectivity index (χ1) is 12.5. The Bertz CT molecular complexity index is 1000. The minimum absolute atomic E-state index is 0.0281. The molecule has 0 spiro atoms. The van der Waals surface area contributed by atoms with E-state index in [9.17, 15) is 8.42 Å². The van der Waals surface area contributed by atoms with Crippen molar-refractivity contribution in [2.75, 3.05) is 4.31 Å². The zero-order valence-electron chi connectivity index (χ0n) is 16.4. The molecule has 0 radical (unpaired) electrons. The molecule has 144 valence electrons. The summed E-state index contributed by atoms with van der Waals surface area (Å²) in [7, 11) is -3.81. The van der Waals surface area contributed by atoms with Crippen molar-refractivity contribution < 1.29 is 8.42 Å². The molecule has 0 aliphatic carbocycles. The molecular weight excluding hydrogens is 376 g/mol. The van der Waals surface area contributed by atoms with Crippen molar-refractivity contribution in [2.45, 2.75) is 50.9 Å². The Morgan fingerprint density at radius 3 is 2.11 bits per heavy atom. The predicted molar refractivity (Wildman–Crippen MR) is 114 cm³/mol. The topological polar surface area (TPSA) is 50.3 Å². The number of fused-ring (bicyclic) bond motifs is 1. The predicted octanol–water partition coefficient (Wildman–Crippen LogP) is 5.71. The number of hydrogen-bond donors (Lipinski definition) is 0. The number of hydrogen-bond acceptors (Lipinski definition) is 4. The molecule has 4 nitrogen and oxygen atoms in total. The van der Waals surface area contributed by atoms with Crippen LogP contribution in [0.2, 0.25) is 0 Å². The summed E-state index contributed by atoms with van der Waals surface area (Å²) in [5.74, 6) is 0. The summed E-state index contributed by atoms with van der Waals surface area (Å²) < 4.78 is 30.0. The van der Waals surface area contributed by atoms with E-state index < -0.39 is 15.6 Å². The van der Waals surface area contributed by atoms with E-state index in [-0.39, 0.29) is 9.75 Å². The highest BCUT2D eigenvalue weighted by Crippen LogP contribution is 2.39. The molecule has 0 saturated carbocycles. The van der Waals surface area contributed by atoms with Gasteiger partial charge in [0.25, 0.3) is 10.0 Å². The Labute approximate surface area is 165 Å². The van der Waals surface area contributed by atoms with Gasteiger partial charge < -0.3 is 0 Å². The zero-order valence-corrected chi connectivity index (χ0v) is 18.1. The summed E-state index contributed by atoms with van der Waals surface area (Å²) in [4.78, 5) is 4.43. The summed E-state index contributed by atoms with van der Waals surface area (Å²) in [6, 6.07) is 16.8. The molecular formula is C21H26N2O2S2. The van der Waals surface area contributed by atoms with Crippen molar-refractivity contribution in [1.82, 2.24) is 4.98 Å². The van der Waals surface area contributed by atoms with Gasteiger partial charge in [-0.1, -0.05) is 51.1 Å². The Hall–Kier alpha value is -1.92. The van der Waals surface area contributed by atoms with Gasteiger partial charge >= 0.3 is 0 Å². The van der Waals surface area contributed by atoms with E-state index in [1.165, 1.54) is 11.3 Å². The molecule has 0 atom stereocenters. The minimum Gasteiger partial charge on any atom is -0.259 e. The van der Waals surface area contributed by atoms with Gasteiger partial charge in [-0.25, -0.2) is 4.98 Å². The SMILES string of the molecule is CC(C)(C)CC(C)(C)N(c1ccccc1)S(=O)(=O)c1nc2ccccc2s1. The summed E-state index contributed by atoms with van der Waals surface area (Å²) in [5.41, 5.74) is 0.726. The van der Waals surface area contributed by atoms with Crippen LogP contribution in [0.25, 0.3) is 10.2 Å². The van der Waals surface area contributed by atoms with Gasteiger partial charge in [-0.3, -0.25) is 4.31 Å². The first-order valence-corrected chi connectivity index (χ1v) is 11.2. The maximum absolute atomic E-state index is 13.7. The smallest absolute Gasteiger partial charge is 0.259 e. The van der Waals surface area contributed by atoms with Gasteiger partial charge in [0.1, 0.15) is 0 Å².